The lowest BCUT2D eigenvalue weighted by Crippen LogP contribution is -2.00. The number of aromatic nitrogens is 4. The van der Waals surface area contributed by atoms with Gasteiger partial charge in [0.25, 0.3) is 0 Å². The fraction of sp³-hybridized carbons (Fsp3) is 0. The molecule has 262 valence electrons. The number of benzene rings is 8. The molecule has 0 spiro atoms. The fourth-order valence-corrected chi connectivity index (χ4v) is 8.76. The van der Waals surface area contributed by atoms with E-state index in [0.717, 1.165) is 43.3 Å². The molecule has 0 saturated carbocycles. The summed E-state index contributed by atoms with van der Waals surface area (Å²) in [4.78, 5) is 15.3. The smallest absolute Gasteiger partial charge is 0.164 e. The first-order chi connectivity index (χ1) is 31.9. The van der Waals surface area contributed by atoms with Gasteiger partial charge in [-0.25, -0.2) is 15.0 Å². The number of fused-ring (bicyclic) bond motifs is 6. The van der Waals surface area contributed by atoms with Crippen molar-refractivity contribution < 1.29 is 13.7 Å². The van der Waals surface area contributed by atoms with E-state index in [1.54, 1.807) is 12.1 Å². The molecule has 0 bridgehead atoms. The van der Waals surface area contributed by atoms with Crippen molar-refractivity contribution in [2.24, 2.45) is 0 Å². The zero-order valence-corrected chi connectivity index (χ0v) is 30.2. The lowest BCUT2D eigenvalue weighted by Gasteiger charge is -2.11. The van der Waals surface area contributed by atoms with Crippen LogP contribution in [0.25, 0.3) is 104 Å². The Balaban J connectivity index is 1.20. The number of hydrogen-bond donors (Lipinski definition) is 0. The maximum atomic E-state index is 9.01. The third kappa shape index (κ3) is 5.40. The highest BCUT2D eigenvalue weighted by Crippen LogP contribution is 2.46. The van der Waals surface area contributed by atoms with Crippen LogP contribution in [0, 0.1) is 0 Å². The van der Waals surface area contributed by atoms with Gasteiger partial charge in [0.15, 0.2) is 17.5 Å². The van der Waals surface area contributed by atoms with Crippen LogP contribution in [0.5, 0.6) is 0 Å². The molecular formula is C51H32N4S. The standard InChI is InChI=1S/C51H32N4S/c1-5-16-33(17-6-1)37-31-41(34-18-7-2-8-19-34)48-43(32-37)47-40(25-15-27-46(47)56-48)51-53-49(35-20-9-3-10-21-35)52-50(54-51)36-28-29-45-42(30-36)39-24-13-14-26-44(39)55(45)38-22-11-4-12-23-38/h1-32H/i1D,2D,5D,6D,7D,8D,16D,17D,18D,19D. The molecule has 8 aromatic carbocycles. The van der Waals surface area contributed by atoms with Crippen molar-refractivity contribution in [2.45, 2.75) is 0 Å². The third-order valence-electron chi connectivity index (χ3n) is 10.0. The van der Waals surface area contributed by atoms with E-state index < -0.39 is 60.4 Å². The van der Waals surface area contributed by atoms with E-state index in [2.05, 4.69) is 41.0 Å². The van der Waals surface area contributed by atoms with Gasteiger partial charge in [0.2, 0.25) is 0 Å². The third-order valence-corrected chi connectivity index (χ3v) is 11.2. The highest BCUT2D eigenvalue weighted by Gasteiger charge is 2.21. The molecule has 0 aliphatic rings. The van der Waals surface area contributed by atoms with Gasteiger partial charge >= 0.3 is 0 Å². The maximum Gasteiger partial charge on any atom is 0.164 e. The van der Waals surface area contributed by atoms with E-state index in [9.17, 15) is 0 Å². The predicted octanol–water partition coefficient (Wildman–Crippen LogP) is 13.7. The highest BCUT2D eigenvalue weighted by atomic mass is 32.1. The second kappa shape index (κ2) is 13.3. The van der Waals surface area contributed by atoms with Crippen molar-refractivity contribution in [1.29, 1.82) is 0 Å². The normalized spacial score (nSPS) is 14.1. The molecule has 0 saturated heterocycles. The molecule has 0 unspecified atom stereocenters. The Morgan fingerprint density at radius 2 is 1.07 bits per heavy atom. The van der Waals surface area contributed by atoms with Crippen LogP contribution in [0.4, 0.5) is 0 Å². The van der Waals surface area contributed by atoms with E-state index in [0.29, 0.717) is 38.5 Å². The molecule has 11 rings (SSSR count). The Hall–Kier alpha value is -7.21. The lowest BCUT2D eigenvalue weighted by atomic mass is 9.95. The molecule has 4 nitrogen and oxygen atoms in total. The zero-order valence-electron chi connectivity index (χ0n) is 39.4. The number of hydrogen-bond acceptors (Lipinski definition) is 4. The summed E-state index contributed by atoms with van der Waals surface area (Å²) in [5.74, 6) is 1.19. The minimum atomic E-state index is -0.551. The Kier molecular flexibility index (Phi) is 5.58. The molecule has 5 heteroatoms. The van der Waals surface area contributed by atoms with Crippen LogP contribution in [0.2, 0.25) is 0 Å². The van der Waals surface area contributed by atoms with Crippen LogP contribution in [0.3, 0.4) is 0 Å². The summed E-state index contributed by atoms with van der Waals surface area (Å²) in [5, 5.41) is 3.30. The summed E-state index contributed by atoms with van der Waals surface area (Å²) in [5.41, 5.74) is 5.52. The maximum absolute atomic E-state index is 9.01. The summed E-state index contributed by atoms with van der Waals surface area (Å²) in [6, 6.07) is 38.3. The Morgan fingerprint density at radius 3 is 1.86 bits per heavy atom. The summed E-state index contributed by atoms with van der Waals surface area (Å²) in [7, 11) is 0. The molecule has 0 aliphatic carbocycles. The molecule has 11 aromatic rings. The molecule has 56 heavy (non-hydrogen) atoms. The van der Waals surface area contributed by atoms with Gasteiger partial charge in [-0.05, 0) is 71.3 Å². The summed E-state index contributed by atoms with van der Waals surface area (Å²) in [6.45, 7) is 0. The van der Waals surface area contributed by atoms with Crippen LogP contribution in [-0.2, 0) is 0 Å². The zero-order chi connectivity index (χ0) is 45.7. The molecule has 0 aliphatic heterocycles. The number of para-hydroxylation sites is 2. The number of nitrogens with zero attached hydrogens (tertiary/aromatic N) is 4. The quantitative estimate of drug-likeness (QED) is 0.170. The lowest BCUT2D eigenvalue weighted by molar-refractivity contribution is 1.08. The van der Waals surface area contributed by atoms with E-state index in [1.165, 1.54) is 11.3 Å². The van der Waals surface area contributed by atoms with Crippen LogP contribution in [0.1, 0.15) is 13.7 Å². The van der Waals surface area contributed by atoms with Gasteiger partial charge in [0.1, 0.15) is 0 Å². The van der Waals surface area contributed by atoms with Crippen LogP contribution in [0.15, 0.2) is 194 Å². The Morgan fingerprint density at radius 1 is 0.429 bits per heavy atom. The molecule has 3 aromatic heterocycles. The fourth-order valence-electron chi connectivity index (χ4n) is 7.53. The number of rotatable bonds is 6. The van der Waals surface area contributed by atoms with E-state index in [1.807, 2.05) is 84.9 Å². The molecule has 0 amide bonds. The Bertz CT molecular complexity index is 3780. The first kappa shape index (κ1) is 23.5. The largest absolute Gasteiger partial charge is 0.309 e. The van der Waals surface area contributed by atoms with Crippen molar-refractivity contribution in [3.05, 3.63) is 194 Å². The van der Waals surface area contributed by atoms with Crippen molar-refractivity contribution in [3.8, 4) is 62.1 Å². The van der Waals surface area contributed by atoms with Crippen molar-refractivity contribution in [1.82, 2.24) is 19.5 Å². The van der Waals surface area contributed by atoms with E-state index in [-0.39, 0.29) is 22.3 Å². The van der Waals surface area contributed by atoms with Gasteiger partial charge in [0, 0.05) is 58.9 Å². The first-order valence-corrected chi connectivity index (χ1v) is 18.8. The van der Waals surface area contributed by atoms with Crippen molar-refractivity contribution >= 4 is 53.3 Å². The molecular weight excluding hydrogens is 701 g/mol. The monoisotopic (exact) mass is 742 g/mol. The van der Waals surface area contributed by atoms with Gasteiger partial charge in [-0.2, -0.15) is 0 Å². The summed E-state index contributed by atoms with van der Waals surface area (Å²) < 4.78 is 90.2. The van der Waals surface area contributed by atoms with E-state index in [4.69, 9.17) is 28.7 Å². The predicted molar refractivity (Wildman–Crippen MR) is 234 cm³/mol. The van der Waals surface area contributed by atoms with Gasteiger partial charge in [-0.1, -0.05) is 139 Å². The topological polar surface area (TPSA) is 43.6 Å². The van der Waals surface area contributed by atoms with Crippen molar-refractivity contribution in [3.63, 3.8) is 0 Å². The Labute approximate surface area is 341 Å². The van der Waals surface area contributed by atoms with Gasteiger partial charge < -0.3 is 4.57 Å². The van der Waals surface area contributed by atoms with Crippen LogP contribution < -0.4 is 0 Å². The minimum Gasteiger partial charge on any atom is -0.309 e. The second-order valence-electron chi connectivity index (χ2n) is 13.3. The van der Waals surface area contributed by atoms with Crippen molar-refractivity contribution in [2.75, 3.05) is 0 Å². The molecule has 0 fully saturated rings. The van der Waals surface area contributed by atoms with Crippen LogP contribution >= 0.6 is 11.3 Å². The van der Waals surface area contributed by atoms with E-state index >= 15 is 0 Å². The molecule has 3 heterocycles. The van der Waals surface area contributed by atoms with Gasteiger partial charge in [-0.15, -0.1) is 11.3 Å². The average molecular weight is 743 g/mol. The minimum absolute atomic E-state index is 0.0776. The second-order valence-corrected chi connectivity index (χ2v) is 14.3. The molecule has 0 radical (unpaired) electrons. The number of thiophene rings is 1. The van der Waals surface area contributed by atoms with Gasteiger partial charge in [-0.3, -0.25) is 0 Å². The molecule has 0 N–H and O–H groups in total. The highest BCUT2D eigenvalue weighted by molar-refractivity contribution is 7.26. The van der Waals surface area contributed by atoms with Crippen LogP contribution in [-0.4, -0.2) is 19.5 Å². The summed E-state index contributed by atoms with van der Waals surface area (Å²) in [6.07, 6.45) is 0. The summed E-state index contributed by atoms with van der Waals surface area (Å²) >= 11 is 1.34. The average Bonchev–Trinajstić information content (AvgIpc) is 3.90. The van der Waals surface area contributed by atoms with Gasteiger partial charge in [0.05, 0.1) is 24.7 Å². The molecule has 0 atom stereocenters. The SMILES string of the molecule is [2H]c1c([2H])c([2H])c(-c2cc(-c3c([2H])c([2H])c([2H])c([2H])c3[2H])c3sc4cccc(-c5nc(-c6ccccc6)nc(-c6ccc7c(c6)c6ccccc6n7-c6ccccc6)n5)c4c3c2)c([2H])c1[2H]. The first-order valence-electron chi connectivity index (χ1n) is 23.0.